The fraction of sp³-hybridized carbons (Fsp3) is 0.625. The second-order valence-electron chi connectivity index (χ2n) is 4.96. The summed E-state index contributed by atoms with van der Waals surface area (Å²) in [7, 11) is 3.57. The van der Waals surface area contributed by atoms with E-state index in [1.807, 2.05) is 7.05 Å². The molecule has 2 atom stereocenters. The summed E-state index contributed by atoms with van der Waals surface area (Å²) in [4.78, 5) is 0. The van der Waals surface area contributed by atoms with Gasteiger partial charge in [-0.2, -0.15) is 0 Å². The third-order valence-corrected chi connectivity index (χ3v) is 3.76. The highest BCUT2D eigenvalue weighted by Gasteiger charge is 2.23. The highest BCUT2D eigenvalue weighted by Crippen LogP contribution is 2.34. The van der Waals surface area contributed by atoms with Crippen molar-refractivity contribution in [3.8, 4) is 5.75 Å². The quantitative estimate of drug-likeness (QED) is 0.757. The Bertz CT molecular complexity index is 381. The van der Waals surface area contributed by atoms with Crippen molar-refractivity contribution < 1.29 is 9.13 Å². The van der Waals surface area contributed by atoms with Gasteiger partial charge in [0.15, 0.2) is 0 Å². The van der Waals surface area contributed by atoms with E-state index in [4.69, 9.17) is 4.74 Å². The van der Waals surface area contributed by atoms with Gasteiger partial charge in [-0.3, -0.25) is 0 Å². The molecule has 0 aliphatic rings. The van der Waals surface area contributed by atoms with E-state index < -0.39 is 0 Å². The molecular weight excluding hydrogens is 241 g/mol. The number of unbranched alkanes of at least 4 members (excludes halogenated alkanes) is 1. The minimum Gasteiger partial charge on any atom is -0.496 e. The second kappa shape index (κ2) is 8.16. The Morgan fingerprint density at radius 3 is 2.58 bits per heavy atom. The van der Waals surface area contributed by atoms with Crippen LogP contribution in [0.4, 0.5) is 4.39 Å². The smallest absolute Gasteiger partial charge is 0.123 e. The Balaban J connectivity index is 3.02. The molecule has 0 amide bonds. The summed E-state index contributed by atoms with van der Waals surface area (Å²) >= 11 is 0. The zero-order valence-electron chi connectivity index (χ0n) is 12.5. The van der Waals surface area contributed by atoms with Crippen LogP contribution in [0, 0.1) is 11.7 Å². The first-order valence-electron chi connectivity index (χ1n) is 7.18. The van der Waals surface area contributed by atoms with Crippen LogP contribution in [0.15, 0.2) is 18.2 Å². The van der Waals surface area contributed by atoms with Crippen LogP contribution in [0.25, 0.3) is 0 Å². The van der Waals surface area contributed by atoms with Crippen molar-refractivity contribution >= 4 is 0 Å². The number of benzene rings is 1. The number of hydrogen-bond donors (Lipinski definition) is 1. The number of ether oxygens (including phenoxy) is 1. The van der Waals surface area contributed by atoms with Gasteiger partial charge < -0.3 is 10.1 Å². The SMILES string of the molecule is CCCCC(CC)C(NC)c1cc(F)ccc1OC. The van der Waals surface area contributed by atoms with Gasteiger partial charge in [-0.1, -0.05) is 33.1 Å². The zero-order chi connectivity index (χ0) is 14.3. The van der Waals surface area contributed by atoms with Crippen molar-refractivity contribution in [3.05, 3.63) is 29.6 Å². The van der Waals surface area contributed by atoms with E-state index in [2.05, 4.69) is 19.2 Å². The Morgan fingerprint density at radius 2 is 2.05 bits per heavy atom. The number of rotatable bonds is 8. The van der Waals surface area contributed by atoms with Gasteiger partial charge in [0.05, 0.1) is 7.11 Å². The van der Waals surface area contributed by atoms with Gasteiger partial charge in [0.2, 0.25) is 0 Å². The molecule has 108 valence electrons. The maximum Gasteiger partial charge on any atom is 0.123 e. The minimum atomic E-state index is -0.207. The highest BCUT2D eigenvalue weighted by atomic mass is 19.1. The van der Waals surface area contributed by atoms with E-state index in [1.54, 1.807) is 19.2 Å². The lowest BCUT2D eigenvalue weighted by Crippen LogP contribution is -2.25. The van der Waals surface area contributed by atoms with Crippen LogP contribution in [0.2, 0.25) is 0 Å². The van der Waals surface area contributed by atoms with Crippen LogP contribution in [0.5, 0.6) is 5.75 Å². The molecule has 2 nitrogen and oxygen atoms in total. The lowest BCUT2D eigenvalue weighted by Gasteiger charge is -2.27. The van der Waals surface area contributed by atoms with Gasteiger partial charge in [-0.25, -0.2) is 4.39 Å². The molecule has 1 N–H and O–H groups in total. The maximum atomic E-state index is 13.5. The topological polar surface area (TPSA) is 21.3 Å². The van der Waals surface area contributed by atoms with Crippen LogP contribution in [-0.4, -0.2) is 14.2 Å². The Morgan fingerprint density at radius 1 is 1.32 bits per heavy atom. The van der Waals surface area contributed by atoms with Gasteiger partial charge >= 0.3 is 0 Å². The highest BCUT2D eigenvalue weighted by molar-refractivity contribution is 5.37. The molecule has 1 aromatic carbocycles. The Labute approximate surface area is 116 Å². The van der Waals surface area contributed by atoms with Crippen LogP contribution in [0.3, 0.4) is 0 Å². The summed E-state index contributed by atoms with van der Waals surface area (Å²) in [6.07, 6.45) is 4.62. The van der Waals surface area contributed by atoms with Gasteiger partial charge in [0, 0.05) is 11.6 Å². The van der Waals surface area contributed by atoms with Crippen LogP contribution >= 0.6 is 0 Å². The van der Waals surface area contributed by atoms with E-state index in [1.165, 1.54) is 18.9 Å². The average Bonchev–Trinajstić information content (AvgIpc) is 2.43. The number of halogens is 1. The van der Waals surface area contributed by atoms with E-state index in [0.717, 1.165) is 24.2 Å². The molecule has 0 saturated heterocycles. The Kier molecular flexibility index (Phi) is 6.85. The maximum absolute atomic E-state index is 13.5. The molecule has 3 heteroatoms. The monoisotopic (exact) mass is 267 g/mol. The van der Waals surface area contributed by atoms with Crippen molar-refractivity contribution in [1.29, 1.82) is 0 Å². The average molecular weight is 267 g/mol. The number of nitrogens with one attached hydrogen (secondary N) is 1. The Hall–Kier alpha value is -1.09. The van der Waals surface area contributed by atoms with E-state index in [0.29, 0.717) is 5.92 Å². The summed E-state index contributed by atoms with van der Waals surface area (Å²) in [5.74, 6) is 1.05. The van der Waals surface area contributed by atoms with Crippen molar-refractivity contribution in [2.45, 2.75) is 45.6 Å². The molecule has 0 radical (unpaired) electrons. The van der Waals surface area contributed by atoms with Crippen molar-refractivity contribution in [1.82, 2.24) is 5.32 Å². The molecule has 0 bridgehead atoms. The fourth-order valence-electron chi connectivity index (χ4n) is 2.67. The summed E-state index contributed by atoms with van der Waals surface area (Å²) in [5.41, 5.74) is 0.924. The summed E-state index contributed by atoms with van der Waals surface area (Å²) in [6, 6.07) is 4.89. The fourth-order valence-corrected chi connectivity index (χ4v) is 2.67. The van der Waals surface area contributed by atoms with E-state index in [-0.39, 0.29) is 11.9 Å². The van der Waals surface area contributed by atoms with Gasteiger partial charge in [-0.15, -0.1) is 0 Å². The predicted molar refractivity (Wildman–Crippen MR) is 78.1 cm³/mol. The summed E-state index contributed by atoms with van der Waals surface area (Å²) < 4.78 is 18.9. The lowest BCUT2D eigenvalue weighted by atomic mass is 9.86. The van der Waals surface area contributed by atoms with Crippen molar-refractivity contribution in [2.24, 2.45) is 5.92 Å². The molecular formula is C16H26FNO. The van der Waals surface area contributed by atoms with Crippen LogP contribution < -0.4 is 10.1 Å². The standard InChI is InChI=1S/C16H26FNO/c1-5-7-8-12(6-2)16(18-3)14-11-13(17)9-10-15(14)19-4/h9-12,16,18H,5-8H2,1-4H3. The molecule has 0 aromatic heterocycles. The van der Waals surface area contributed by atoms with Crippen LogP contribution in [-0.2, 0) is 0 Å². The first-order valence-corrected chi connectivity index (χ1v) is 7.18. The van der Waals surface area contributed by atoms with Gasteiger partial charge in [0.25, 0.3) is 0 Å². The molecule has 1 aromatic rings. The third kappa shape index (κ3) is 4.20. The zero-order valence-corrected chi connectivity index (χ0v) is 12.5. The van der Waals surface area contributed by atoms with E-state index in [9.17, 15) is 4.39 Å². The number of methoxy groups -OCH3 is 1. The summed E-state index contributed by atoms with van der Waals surface area (Å²) in [5, 5.41) is 3.33. The molecule has 0 aliphatic carbocycles. The predicted octanol–water partition coefficient (Wildman–Crippen LogP) is 4.31. The molecule has 1 rings (SSSR count). The molecule has 19 heavy (non-hydrogen) atoms. The first-order chi connectivity index (χ1) is 9.17. The molecule has 0 aliphatic heterocycles. The normalized spacial score (nSPS) is 14.2. The van der Waals surface area contributed by atoms with Crippen molar-refractivity contribution in [2.75, 3.05) is 14.2 Å². The molecule has 0 saturated carbocycles. The third-order valence-electron chi connectivity index (χ3n) is 3.76. The second-order valence-corrected chi connectivity index (χ2v) is 4.96. The first kappa shape index (κ1) is 16.0. The largest absolute Gasteiger partial charge is 0.496 e. The number of hydrogen-bond acceptors (Lipinski definition) is 2. The lowest BCUT2D eigenvalue weighted by molar-refractivity contribution is 0.323. The minimum absolute atomic E-state index is 0.141. The molecule has 0 fully saturated rings. The van der Waals surface area contributed by atoms with Crippen molar-refractivity contribution in [3.63, 3.8) is 0 Å². The van der Waals surface area contributed by atoms with Crippen LogP contribution in [0.1, 0.15) is 51.1 Å². The van der Waals surface area contributed by atoms with E-state index >= 15 is 0 Å². The molecule has 0 spiro atoms. The van der Waals surface area contributed by atoms with Gasteiger partial charge in [-0.05, 0) is 37.6 Å². The van der Waals surface area contributed by atoms with Gasteiger partial charge in [0.1, 0.15) is 11.6 Å². The molecule has 2 unspecified atom stereocenters. The summed E-state index contributed by atoms with van der Waals surface area (Å²) in [6.45, 7) is 4.39. The molecule has 0 heterocycles.